The van der Waals surface area contributed by atoms with Crippen LogP contribution in [0, 0.1) is 0 Å². The van der Waals surface area contributed by atoms with Gasteiger partial charge in [0.2, 0.25) is 0 Å². The van der Waals surface area contributed by atoms with Gasteiger partial charge in [0.05, 0.1) is 5.56 Å². The van der Waals surface area contributed by atoms with Crippen LogP contribution in [0.3, 0.4) is 0 Å². The molecule has 0 atom stereocenters. The Bertz CT molecular complexity index is 1040. The summed E-state index contributed by atoms with van der Waals surface area (Å²) in [6, 6.07) is 19.4. The van der Waals surface area contributed by atoms with Crippen LogP contribution in [0.1, 0.15) is 26.4 Å². The summed E-state index contributed by atoms with van der Waals surface area (Å²) in [6.45, 7) is 2.27. The highest BCUT2D eigenvalue weighted by atomic mass is 35.5. The molecule has 4 rings (SSSR count). The predicted octanol–water partition coefficient (Wildman–Crippen LogP) is 3.84. The highest BCUT2D eigenvalue weighted by Crippen LogP contribution is 2.37. The number of thiophene rings is 1. The van der Waals surface area contributed by atoms with E-state index in [1.165, 1.54) is 16.9 Å². The molecule has 1 aromatic heterocycles. The maximum absolute atomic E-state index is 12.4. The fourth-order valence-corrected chi connectivity index (χ4v) is 4.92. The first kappa shape index (κ1) is 22.8. The zero-order valence-corrected chi connectivity index (χ0v) is 18.5. The van der Waals surface area contributed by atoms with E-state index in [0.717, 1.165) is 36.5 Å². The highest BCUT2D eigenvalue weighted by Gasteiger charge is 2.27. The van der Waals surface area contributed by atoms with Crippen LogP contribution in [-0.2, 0) is 24.3 Å². The molecule has 2 heterocycles. The number of carbonyl (C=O) groups is 2. The van der Waals surface area contributed by atoms with E-state index in [4.69, 9.17) is 10.5 Å². The SMILES string of the molecule is Cl.NC(=O)c1c(NC(=O)COc2ccccc2)sc2c1CCN(Cc1ccccc1)C2. The molecule has 0 aliphatic carbocycles. The van der Waals surface area contributed by atoms with Crippen molar-refractivity contribution >= 4 is 40.6 Å². The van der Waals surface area contributed by atoms with Gasteiger partial charge in [-0.3, -0.25) is 14.5 Å². The van der Waals surface area contributed by atoms with Crippen molar-refractivity contribution < 1.29 is 14.3 Å². The van der Waals surface area contributed by atoms with Crippen LogP contribution in [0.25, 0.3) is 0 Å². The minimum Gasteiger partial charge on any atom is -0.484 e. The number of benzene rings is 2. The number of nitrogens with one attached hydrogen (secondary N) is 1. The normalized spacial score (nSPS) is 13.0. The van der Waals surface area contributed by atoms with Gasteiger partial charge < -0.3 is 15.8 Å². The second kappa shape index (κ2) is 10.4. The van der Waals surface area contributed by atoms with Crippen LogP contribution < -0.4 is 15.8 Å². The van der Waals surface area contributed by atoms with Crippen molar-refractivity contribution in [1.29, 1.82) is 0 Å². The summed E-state index contributed by atoms with van der Waals surface area (Å²) in [4.78, 5) is 27.9. The second-order valence-corrected chi connectivity index (χ2v) is 8.27. The predicted molar refractivity (Wildman–Crippen MR) is 125 cm³/mol. The summed E-state index contributed by atoms with van der Waals surface area (Å²) in [5, 5.41) is 3.33. The van der Waals surface area contributed by atoms with E-state index in [1.54, 1.807) is 12.1 Å². The van der Waals surface area contributed by atoms with E-state index < -0.39 is 5.91 Å². The van der Waals surface area contributed by atoms with Crippen LogP contribution in [0.2, 0.25) is 0 Å². The largest absolute Gasteiger partial charge is 0.484 e. The lowest BCUT2D eigenvalue weighted by Crippen LogP contribution is -2.30. The molecular formula is C23H24ClN3O3S. The first-order chi connectivity index (χ1) is 14.6. The van der Waals surface area contributed by atoms with Crippen molar-refractivity contribution in [3.63, 3.8) is 0 Å². The Labute approximate surface area is 191 Å². The number of ether oxygens (including phenoxy) is 1. The summed E-state index contributed by atoms with van der Waals surface area (Å²) < 4.78 is 5.49. The molecule has 1 aliphatic heterocycles. The van der Waals surface area contributed by atoms with Crippen molar-refractivity contribution in [3.05, 3.63) is 82.2 Å². The summed E-state index contributed by atoms with van der Waals surface area (Å²) >= 11 is 1.42. The van der Waals surface area contributed by atoms with Crippen molar-refractivity contribution in [1.82, 2.24) is 4.90 Å². The van der Waals surface area contributed by atoms with Crippen LogP contribution >= 0.6 is 23.7 Å². The van der Waals surface area contributed by atoms with Crippen molar-refractivity contribution in [3.8, 4) is 5.75 Å². The molecule has 3 aromatic rings. The average Bonchev–Trinajstić information content (AvgIpc) is 3.11. The molecule has 0 saturated carbocycles. The maximum Gasteiger partial charge on any atom is 0.262 e. The minimum absolute atomic E-state index is 0. The third kappa shape index (κ3) is 5.64. The molecule has 0 radical (unpaired) electrons. The van der Waals surface area contributed by atoms with Gasteiger partial charge in [0.25, 0.3) is 11.8 Å². The van der Waals surface area contributed by atoms with Gasteiger partial charge in [-0.1, -0.05) is 48.5 Å². The van der Waals surface area contributed by atoms with Crippen LogP contribution in [0.15, 0.2) is 60.7 Å². The third-order valence-corrected chi connectivity index (χ3v) is 6.13. The van der Waals surface area contributed by atoms with E-state index in [2.05, 4.69) is 22.3 Å². The van der Waals surface area contributed by atoms with Gasteiger partial charge in [0, 0.05) is 24.5 Å². The Hall–Kier alpha value is -2.87. The van der Waals surface area contributed by atoms with E-state index in [1.807, 2.05) is 36.4 Å². The quantitative estimate of drug-likeness (QED) is 0.564. The lowest BCUT2D eigenvalue weighted by atomic mass is 10.0. The lowest BCUT2D eigenvalue weighted by molar-refractivity contribution is -0.118. The van der Waals surface area contributed by atoms with E-state index in [-0.39, 0.29) is 24.9 Å². The first-order valence-electron chi connectivity index (χ1n) is 9.78. The van der Waals surface area contributed by atoms with Crippen molar-refractivity contribution in [2.45, 2.75) is 19.5 Å². The number of para-hydroxylation sites is 1. The molecule has 2 amide bonds. The van der Waals surface area contributed by atoms with E-state index >= 15 is 0 Å². The number of nitrogens with zero attached hydrogens (tertiary/aromatic N) is 1. The molecule has 162 valence electrons. The summed E-state index contributed by atoms with van der Waals surface area (Å²) in [5.41, 5.74) is 8.29. The number of halogens is 1. The van der Waals surface area contributed by atoms with E-state index in [9.17, 15) is 9.59 Å². The van der Waals surface area contributed by atoms with Crippen molar-refractivity contribution in [2.75, 3.05) is 18.5 Å². The summed E-state index contributed by atoms with van der Waals surface area (Å²) in [6.07, 6.45) is 0.729. The molecule has 1 aliphatic rings. The van der Waals surface area contributed by atoms with Gasteiger partial charge >= 0.3 is 0 Å². The number of anilines is 1. The van der Waals surface area contributed by atoms with E-state index in [0.29, 0.717) is 16.3 Å². The van der Waals surface area contributed by atoms with Gasteiger partial charge in [-0.15, -0.1) is 23.7 Å². The van der Waals surface area contributed by atoms with Crippen molar-refractivity contribution in [2.24, 2.45) is 5.73 Å². The fourth-order valence-electron chi connectivity index (χ4n) is 3.61. The summed E-state index contributed by atoms with van der Waals surface area (Å²) in [5.74, 6) is -0.214. The smallest absolute Gasteiger partial charge is 0.262 e. The molecule has 6 nitrogen and oxygen atoms in total. The second-order valence-electron chi connectivity index (χ2n) is 7.17. The Balaban J connectivity index is 0.00000272. The number of amides is 2. The van der Waals surface area contributed by atoms with Gasteiger partial charge in [-0.25, -0.2) is 0 Å². The molecular weight excluding hydrogens is 434 g/mol. The lowest BCUT2D eigenvalue weighted by Gasteiger charge is -2.27. The number of carbonyl (C=O) groups excluding carboxylic acids is 2. The molecule has 0 spiro atoms. The number of nitrogens with two attached hydrogens (primary N) is 1. The molecule has 0 bridgehead atoms. The Morgan fingerprint density at radius 2 is 1.74 bits per heavy atom. The van der Waals surface area contributed by atoms with Gasteiger partial charge in [0.15, 0.2) is 6.61 Å². The molecule has 3 N–H and O–H groups in total. The number of hydrogen-bond acceptors (Lipinski definition) is 5. The molecule has 2 aromatic carbocycles. The van der Waals surface area contributed by atoms with Gasteiger partial charge in [-0.2, -0.15) is 0 Å². The van der Waals surface area contributed by atoms with Gasteiger partial charge in [-0.05, 0) is 29.7 Å². The first-order valence-corrected chi connectivity index (χ1v) is 10.6. The van der Waals surface area contributed by atoms with Crippen LogP contribution in [-0.4, -0.2) is 29.9 Å². The highest BCUT2D eigenvalue weighted by molar-refractivity contribution is 7.17. The topological polar surface area (TPSA) is 84.7 Å². The standard InChI is InChI=1S/C23H23N3O3S.ClH/c24-22(28)21-18-11-12-26(13-16-7-3-1-4-8-16)14-19(18)30-23(21)25-20(27)15-29-17-9-5-2-6-10-17;/h1-10H,11-15H2,(H2,24,28)(H,25,27);1H. The van der Waals surface area contributed by atoms with Crippen LogP contribution in [0.5, 0.6) is 5.75 Å². The fraction of sp³-hybridized carbons (Fsp3) is 0.217. The Morgan fingerprint density at radius 3 is 2.42 bits per heavy atom. The maximum atomic E-state index is 12.4. The number of rotatable bonds is 7. The molecule has 0 saturated heterocycles. The monoisotopic (exact) mass is 457 g/mol. The average molecular weight is 458 g/mol. The molecule has 0 fully saturated rings. The number of hydrogen-bond donors (Lipinski definition) is 2. The third-order valence-electron chi connectivity index (χ3n) is 5.00. The molecule has 0 unspecified atom stereocenters. The zero-order valence-electron chi connectivity index (χ0n) is 16.9. The molecule has 8 heteroatoms. The minimum atomic E-state index is -0.511. The zero-order chi connectivity index (χ0) is 20.9. The molecule has 31 heavy (non-hydrogen) atoms. The van der Waals surface area contributed by atoms with Gasteiger partial charge in [0.1, 0.15) is 10.8 Å². The number of primary amides is 1. The summed E-state index contributed by atoms with van der Waals surface area (Å²) in [7, 11) is 0. The Kier molecular flexibility index (Phi) is 7.68. The number of fused-ring (bicyclic) bond motifs is 1. The Morgan fingerprint density at radius 1 is 1.06 bits per heavy atom. The van der Waals surface area contributed by atoms with Crippen LogP contribution in [0.4, 0.5) is 5.00 Å².